The highest BCUT2D eigenvalue weighted by Gasteiger charge is 2.19. The second kappa shape index (κ2) is 6.30. The number of halogens is 3. The van der Waals surface area contributed by atoms with Crippen LogP contribution in [0.25, 0.3) is 0 Å². The molecule has 1 rings (SSSR count). The Morgan fingerprint density at radius 3 is 2.62 bits per heavy atom. The summed E-state index contributed by atoms with van der Waals surface area (Å²) >= 11 is 2.98. The number of aliphatic hydroxyl groups excluding tert-OH is 1. The molecule has 1 nitrogen and oxygen atoms in total. The second-order valence-corrected chi connectivity index (χ2v) is 4.62. The zero-order chi connectivity index (χ0) is 12.1. The van der Waals surface area contributed by atoms with Crippen molar-refractivity contribution in [3.63, 3.8) is 0 Å². The van der Waals surface area contributed by atoms with E-state index in [9.17, 15) is 13.9 Å². The Bertz CT molecular complexity index is 355. The molecule has 16 heavy (non-hydrogen) atoms. The molecule has 0 saturated carbocycles. The van der Waals surface area contributed by atoms with Crippen LogP contribution in [0.3, 0.4) is 0 Å². The first-order valence-electron chi connectivity index (χ1n) is 5.39. The first-order valence-corrected chi connectivity index (χ1v) is 6.18. The standard InChI is InChI=1S/C12H15BrF2O/c1-2-3-4-5-10(16)11-9(14)7-6-8(13)12(11)15/h6-7,10,16H,2-5H2,1H3. The molecule has 0 amide bonds. The van der Waals surface area contributed by atoms with Crippen molar-refractivity contribution < 1.29 is 13.9 Å². The number of benzene rings is 1. The fourth-order valence-electron chi connectivity index (χ4n) is 1.58. The third-order valence-electron chi connectivity index (χ3n) is 2.49. The van der Waals surface area contributed by atoms with Gasteiger partial charge in [-0.25, -0.2) is 8.78 Å². The van der Waals surface area contributed by atoms with Crippen molar-refractivity contribution in [3.05, 3.63) is 33.8 Å². The second-order valence-electron chi connectivity index (χ2n) is 3.77. The molecule has 1 aromatic rings. The van der Waals surface area contributed by atoms with Crippen LogP contribution in [0.5, 0.6) is 0 Å². The Labute approximate surface area is 103 Å². The van der Waals surface area contributed by atoms with Gasteiger partial charge in [0.15, 0.2) is 0 Å². The zero-order valence-electron chi connectivity index (χ0n) is 9.14. The van der Waals surface area contributed by atoms with E-state index in [1.165, 1.54) is 6.07 Å². The first kappa shape index (κ1) is 13.6. The van der Waals surface area contributed by atoms with Gasteiger partial charge in [0.25, 0.3) is 0 Å². The lowest BCUT2D eigenvalue weighted by atomic mass is 10.0. The molecule has 0 aliphatic rings. The number of hydrogen-bond donors (Lipinski definition) is 1. The van der Waals surface area contributed by atoms with Crippen LogP contribution < -0.4 is 0 Å². The van der Waals surface area contributed by atoms with E-state index in [4.69, 9.17) is 0 Å². The van der Waals surface area contributed by atoms with Crippen LogP contribution >= 0.6 is 15.9 Å². The lowest BCUT2D eigenvalue weighted by molar-refractivity contribution is 0.154. The lowest BCUT2D eigenvalue weighted by Gasteiger charge is -2.13. The Morgan fingerprint density at radius 1 is 1.31 bits per heavy atom. The minimum absolute atomic E-state index is 0.179. The summed E-state index contributed by atoms with van der Waals surface area (Å²) in [4.78, 5) is 0. The molecule has 0 heterocycles. The van der Waals surface area contributed by atoms with Gasteiger partial charge in [-0.15, -0.1) is 0 Å². The van der Waals surface area contributed by atoms with Gasteiger partial charge in [0.05, 0.1) is 16.1 Å². The number of hydrogen-bond acceptors (Lipinski definition) is 1. The Balaban J connectivity index is 2.81. The predicted octanol–water partition coefficient (Wildman–Crippen LogP) is 4.34. The lowest BCUT2D eigenvalue weighted by Crippen LogP contribution is -2.05. The van der Waals surface area contributed by atoms with Crippen molar-refractivity contribution in [2.24, 2.45) is 0 Å². The summed E-state index contributed by atoms with van der Waals surface area (Å²) < 4.78 is 27.1. The van der Waals surface area contributed by atoms with E-state index in [0.29, 0.717) is 6.42 Å². The summed E-state index contributed by atoms with van der Waals surface area (Å²) in [7, 11) is 0. The largest absolute Gasteiger partial charge is 0.388 e. The molecule has 0 spiro atoms. The maximum absolute atomic E-state index is 13.6. The van der Waals surface area contributed by atoms with Crippen LogP contribution in [0.1, 0.15) is 44.3 Å². The minimum atomic E-state index is -1.07. The average Bonchev–Trinajstić information content (AvgIpc) is 2.24. The van der Waals surface area contributed by atoms with Crippen LogP contribution in [0.15, 0.2) is 16.6 Å². The van der Waals surface area contributed by atoms with Crippen LogP contribution in [0.4, 0.5) is 8.78 Å². The van der Waals surface area contributed by atoms with E-state index in [1.807, 2.05) is 6.92 Å². The minimum Gasteiger partial charge on any atom is -0.388 e. The molecular formula is C12H15BrF2O. The molecule has 0 aliphatic carbocycles. The van der Waals surface area contributed by atoms with Crippen LogP contribution in [-0.2, 0) is 0 Å². The normalized spacial score (nSPS) is 12.8. The van der Waals surface area contributed by atoms with E-state index in [-0.39, 0.29) is 10.0 Å². The number of aliphatic hydroxyl groups is 1. The predicted molar refractivity (Wildman–Crippen MR) is 63.2 cm³/mol. The highest BCUT2D eigenvalue weighted by molar-refractivity contribution is 9.10. The third-order valence-corrected chi connectivity index (χ3v) is 3.11. The molecule has 0 aromatic heterocycles. The van der Waals surface area contributed by atoms with E-state index in [1.54, 1.807) is 0 Å². The molecule has 1 N–H and O–H groups in total. The van der Waals surface area contributed by atoms with Crippen molar-refractivity contribution in [1.82, 2.24) is 0 Å². The molecule has 4 heteroatoms. The van der Waals surface area contributed by atoms with E-state index in [0.717, 1.165) is 25.3 Å². The fourth-order valence-corrected chi connectivity index (χ4v) is 1.93. The van der Waals surface area contributed by atoms with Crippen LogP contribution in [0, 0.1) is 11.6 Å². The molecule has 90 valence electrons. The molecule has 1 unspecified atom stereocenters. The van der Waals surface area contributed by atoms with Crippen molar-refractivity contribution in [1.29, 1.82) is 0 Å². The molecular weight excluding hydrogens is 278 g/mol. The van der Waals surface area contributed by atoms with Crippen LogP contribution in [0.2, 0.25) is 0 Å². The molecule has 1 atom stereocenters. The maximum Gasteiger partial charge on any atom is 0.146 e. The smallest absolute Gasteiger partial charge is 0.146 e. The van der Waals surface area contributed by atoms with Gasteiger partial charge in [-0.3, -0.25) is 0 Å². The monoisotopic (exact) mass is 292 g/mol. The molecule has 0 bridgehead atoms. The fraction of sp³-hybridized carbons (Fsp3) is 0.500. The van der Waals surface area contributed by atoms with Gasteiger partial charge in [-0.05, 0) is 34.5 Å². The van der Waals surface area contributed by atoms with Gasteiger partial charge in [-0.2, -0.15) is 0 Å². The summed E-state index contributed by atoms with van der Waals surface area (Å²) in [5, 5.41) is 9.73. The van der Waals surface area contributed by atoms with Gasteiger partial charge in [-0.1, -0.05) is 26.2 Å². The van der Waals surface area contributed by atoms with E-state index >= 15 is 0 Å². The van der Waals surface area contributed by atoms with Gasteiger partial charge in [0.2, 0.25) is 0 Å². The van der Waals surface area contributed by atoms with E-state index in [2.05, 4.69) is 15.9 Å². The number of rotatable bonds is 5. The SMILES string of the molecule is CCCCCC(O)c1c(F)ccc(Br)c1F. The van der Waals surface area contributed by atoms with Crippen LogP contribution in [-0.4, -0.2) is 5.11 Å². The van der Waals surface area contributed by atoms with Crippen molar-refractivity contribution in [2.75, 3.05) is 0 Å². The summed E-state index contributed by atoms with van der Waals surface area (Å²) in [6, 6.07) is 2.46. The molecule has 0 radical (unpaired) electrons. The molecule has 0 saturated heterocycles. The van der Waals surface area contributed by atoms with Gasteiger partial charge >= 0.3 is 0 Å². The molecule has 0 fully saturated rings. The highest BCUT2D eigenvalue weighted by atomic mass is 79.9. The van der Waals surface area contributed by atoms with Crippen molar-refractivity contribution >= 4 is 15.9 Å². The summed E-state index contributed by atoms with van der Waals surface area (Å²) in [5.74, 6) is -1.39. The molecule has 1 aromatic carbocycles. The third kappa shape index (κ3) is 3.25. The van der Waals surface area contributed by atoms with E-state index < -0.39 is 17.7 Å². The van der Waals surface area contributed by atoms with Crippen molar-refractivity contribution in [2.45, 2.75) is 38.7 Å². The number of unbranched alkanes of at least 4 members (excludes halogenated alkanes) is 2. The van der Waals surface area contributed by atoms with Gasteiger partial charge in [0, 0.05) is 0 Å². The average molecular weight is 293 g/mol. The Hall–Kier alpha value is -0.480. The Morgan fingerprint density at radius 2 is 2.00 bits per heavy atom. The Kier molecular flexibility index (Phi) is 5.35. The zero-order valence-corrected chi connectivity index (χ0v) is 10.7. The summed E-state index contributed by atoms with van der Waals surface area (Å²) in [5.41, 5.74) is -0.231. The first-order chi connectivity index (χ1) is 7.57. The topological polar surface area (TPSA) is 20.2 Å². The summed E-state index contributed by atoms with van der Waals surface area (Å²) in [6.07, 6.45) is 2.05. The van der Waals surface area contributed by atoms with Gasteiger partial charge in [0.1, 0.15) is 11.6 Å². The quantitative estimate of drug-likeness (QED) is 0.632. The van der Waals surface area contributed by atoms with Gasteiger partial charge < -0.3 is 5.11 Å². The summed E-state index contributed by atoms with van der Waals surface area (Å²) in [6.45, 7) is 2.03. The highest BCUT2D eigenvalue weighted by Crippen LogP contribution is 2.29. The van der Waals surface area contributed by atoms with Crippen molar-refractivity contribution in [3.8, 4) is 0 Å². The molecule has 0 aliphatic heterocycles. The maximum atomic E-state index is 13.6.